The Bertz CT molecular complexity index is 651. The molecular formula is C16H15NO3S. The summed E-state index contributed by atoms with van der Waals surface area (Å²) in [6.07, 6.45) is 1.07. The number of carbonyl (C=O) groups excluding carboxylic acids is 2. The fourth-order valence-electron chi connectivity index (χ4n) is 2.43. The number of esters is 1. The number of benzene rings is 1. The van der Waals surface area contributed by atoms with Gasteiger partial charge in [-0.25, -0.2) is 0 Å². The molecule has 108 valence electrons. The minimum atomic E-state index is -0.366. The number of carbonyl (C=O) groups is 2. The maximum Gasteiger partial charge on any atom is 0.310 e. The standard InChI is InChI=1S/C16H15NO3S/c18-15(10-20-16(19)9-12-6-8-21-11-12)17-7-5-13-3-1-2-4-14(13)17/h1-4,6,8,11H,5,7,9-10H2. The van der Waals surface area contributed by atoms with Gasteiger partial charge in [-0.3, -0.25) is 9.59 Å². The second-order valence-electron chi connectivity index (χ2n) is 4.89. The van der Waals surface area contributed by atoms with E-state index in [2.05, 4.69) is 0 Å². The highest BCUT2D eigenvalue weighted by Gasteiger charge is 2.24. The van der Waals surface area contributed by atoms with E-state index in [9.17, 15) is 9.59 Å². The van der Waals surface area contributed by atoms with Crippen molar-refractivity contribution < 1.29 is 14.3 Å². The van der Waals surface area contributed by atoms with Gasteiger partial charge < -0.3 is 9.64 Å². The van der Waals surface area contributed by atoms with Crippen molar-refractivity contribution in [1.82, 2.24) is 0 Å². The Labute approximate surface area is 127 Å². The average molecular weight is 301 g/mol. The molecule has 5 heteroatoms. The molecule has 1 aliphatic heterocycles. The van der Waals surface area contributed by atoms with Crippen molar-refractivity contribution in [2.45, 2.75) is 12.8 Å². The van der Waals surface area contributed by atoms with Gasteiger partial charge in [-0.1, -0.05) is 18.2 Å². The van der Waals surface area contributed by atoms with Gasteiger partial charge in [0.1, 0.15) is 0 Å². The topological polar surface area (TPSA) is 46.6 Å². The van der Waals surface area contributed by atoms with Crippen molar-refractivity contribution in [1.29, 1.82) is 0 Å². The minimum absolute atomic E-state index is 0.168. The number of amides is 1. The van der Waals surface area contributed by atoms with Crippen LogP contribution in [0.4, 0.5) is 5.69 Å². The van der Waals surface area contributed by atoms with Crippen molar-refractivity contribution in [3.63, 3.8) is 0 Å². The van der Waals surface area contributed by atoms with E-state index >= 15 is 0 Å². The molecule has 4 nitrogen and oxygen atoms in total. The third-order valence-electron chi connectivity index (χ3n) is 3.47. The molecule has 0 unspecified atom stereocenters. The van der Waals surface area contributed by atoms with Crippen LogP contribution in [0.2, 0.25) is 0 Å². The first-order valence-electron chi connectivity index (χ1n) is 6.79. The molecule has 0 saturated carbocycles. The summed E-state index contributed by atoms with van der Waals surface area (Å²) in [5.41, 5.74) is 3.01. The third kappa shape index (κ3) is 3.13. The van der Waals surface area contributed by atoms with Crippen LogP contribution < -0.4 is 4.90 Å². The summed E-state index contributed by atoms with van der Waals surface area (Å²) in [7, 11) is 0. The van der Waals surface area contributed by atoms with Gasteiger partial charge in [0.25, 0.3) is 5.91 Å². The Morgan fingerprint density at radius 2 is 2.10 bits per heavy atom. The second-order valence-corrected chi connectivity index (χ2v) is 5.67. The molecule has 0 spiro atoms. The van der Waals surface area contributed by atoms with Crippen LogP contribution >= 0.6 is 11.3 Å². The first-order chi connectivity index (χ1) is 10.2. The monoisotopic (exact) mass is 301 g/mol. The average Bonchev–Trinajstić information content (AvgIpc) is 3.13. The summed E-state index contributed by atoms with van der Waals surface area (Å²) >= 11 is 1.54. The molecule has 0 radical (unpaired) electrons. The quantitative estimate of drug-likeness (QED) is 0.815. The molecule has 1 amide bonds. The van der Waals surface area contributed by atoms with Crippen LogP contribution in [0.1, 0.15) is 11.1 Å². The van der Waals surface area contributed by atoms with E-state index in [0.717, 1.165) is 23.2 Å². The summed E-state index contributed by atoms with van der Waals surface area (Å²) < 4.78 is 5.08. The van der Waals surface area contributed by atoms with Crippen molar-refractivity contribution in [2.75, 3.05) is 18.1 Å². The lowest BCUT2D eigenvalue weighted by Crippen LogP contribution is -2.33. The van der Waals surface area contributed by atoms with Gasteiger partial charge in [0.15, 0.2) is 6.61 Å². The second kappa shape index (κ2) is 6.10. The maximum atomic E-state index is 12.2. The summed E-state index contributed by atoms with van der Waals surface area (Å²) in [6, 6.07) is 9.70. The lowest BCUT2D eigenvalue weighted by atomic mass is 10.2. The van der Waals surface area contributed by atoms with Gasteiger partial charge in [-0.05, 0) is 40.4 Å². The number of ether oxygens (including phenoxy) is 1. The summed E-state index contributed by atoms with van der Waals surface area (Å²) in [6.45, 7) is 0.456. The number of nitrogens with zero attached hydrogens (tertiary/aromatic N) is 1. The smallest absolute Gasteiger partial charge is 0.310 e. The van der Waals surface area contributed by atoms with Crippen LogP contribution in [0.15, 0.2) is 41.1 Å². The Balaban J connectivity index is 1.54. The molecule has 21 heavy (non-hydrogen) atoms. The molecule has 2 aromatic rings. The Kier molecular flexibility index (Phi) is 4.01. The SMILES string of the molecule is O=C(Cc1ccsc1)OCC(=O)N1CCc2ccccc21. The van der Waals surface area contributed by atoms with E-state index in [4.69, 9.17) is 4.74 Å². The molecule has 0 atom stereocenters. The number of fused-ring (bicyclic) bond motifs is 1. The highest BCUT2D eigenvalue weighted by atomic mass is 32.1. The first kappa shape index (κ1) is 13.8. The third-order valence-corrected chi connectivity index (χ3v) is 4.21. The molecule has 0 saturated heterocycles. The van der Waals surface area contributed by atoms with Crippen LogP contribution in [-0.2, 0) is 27.2 Å². The number of thiophene rings is 1. The Morgan fingerprint density at radius 1 is 1.24 bits per heavy atom. The van der Waals surface area contributed by atoms with E-state index in [-0.39, 0.29) is 24.9 Å². The number of hydrogen-bond acceptors (Lipinski definition) is 4. The van der Waals surface area contributed by atoms with Crippen molar-refractivity contribution in [3.05, 3.63) is 52.2 Å². The molecule has 0 fully saturated rings. The van der Waals surface area contributed by atoms with Gasteiger partial charge in [0.2, 0.25) is 0 Å². The number of hydrogen-bond donors (Lipinski definition) is 0. The van der Waals surface area contributed by atoms with Crippen LogP contribution in [0.25, 0.3) is 0 Å². The summed E-state index contributed by atoms with van der Waals surface area (Å²) in [5.74, 6) is -0.534. The van der Waals surface area contributed by atoms with Crippen LogP contribution in [0, 0.1) is 0 Å². The zero-order chi connectivity index (χ0) is 14.7. The Hall–Kier alpha value is -2.14. The van der Waals surface area contributed by atoms with Gasteiger partial charge in [-0.15, -0.1) is 0 Å². The van der Waals surface area contributed by atoms with Crippen LogP contribution in [0.5, 0.6) is 0 Å². The van der Waals surface area contributed by atoms with Gasteiger partial charge in [0, 0.05) is 12.2 Å². The van der Waals surface area contributed by atoms with E-state index in [1.54, 1.807) is 4.90 Å². The molecule has 2 heterocycles. The Morgan fingerprint density at radius 3 is 2.90 bits per heavy atom. The number of anilines is 1. The first-order valence-corrected chi connectivity index (χ1v) is 7.73. The molecule has 1 aliphatic rings. The van der Waals surface area contributed by atoms with Gasteiger partial charge in [0.05, 0.1) is 6.42 Å². The number of rotatable bonds is 4. The van der Waals surface area contributed by atoms with Gasteiger partial charge >= 0.3 is 5.97 Å². The van der Waals surface area contributed by atoms with E-state index < -0.39 is 0 Å². The van der Waals surface area contributed by atoms with Gasteiger partial charge in [-0.2, -0.15) is 11.3 Å². The molecular weight excluding hydrogens is 286 g/mol. The maximum absolute atomic E-state index is 12.2. The normalized spacial score (nSPS) is 13.0. The highest BCUT2D eigenvalue weighted by Crippen LogP contribution is 2.27. The zero-order valence-corrected chi connectivity index (χ0v) is 12.3. The van der Waals surface area contributed by atoms with Crippen molar-refractivity contribution >= 4 is 28.9 Å². The molecule has 0 N–H and O–H groups in total. The minimum Gasteiger partial charge on any atom is -0.455 e. The largest absolute Gasteiger partial charge is 0.455 e. The predicted octanol–water partition coefficient (Wildman–Crippen LogP) is 2.42. The van der Waals surface area contributed by atoms with E-state index in [0.29, 0.717) is 6.54 Å². The molecule has 0 bridgehead atoms. The van der Waals surface area contributed by atoms with Crippen LogP contribution in [-0.4, -0.2) is 25.0 Å². The molecule has 1 aromatic carbocycles. The lowest BCUT2D eigenvalue weighted by Gasteiger charge is -2.17. The van der Waals surface area contributed by atoms with E-state index in [1.807, 2.05) is 41.1 Å². The van der Waals surface area contributed by atoms with Crippen LogP contribution in [0.3, 0.4) is 0 Å². The van der Waals surface area contributed by atoms with Crippen molar-refractivity contribution in [2.24, 2.45) is 0 Å². The fourth-order valence-corrected chi connectivity index (χ4v) is 3.10. The number of para-hydroxylation sites is 1. The van der Waals surface area contributed by atoms with E-state index in [1.165, 1.54) is 11.3 Å². The zero-order valence-electron chi connectivity index (χ0n) is 11.5. The van der Waals surface area contributed by atoms with Crippen molar-refractivity contribution in [3.8, 4) is 0 Å². The molecule has 0 aliphatic carbocycles. The lowest BCUT2D eigenvalue weighted by molar-refractivity contribution is -0.147. The summed E-state index contributed by atoms with van der Waals surface area (Å²) in [4.78, 5) is 25.5. The highest BCUT2D eigenvalue weighted by molar-refractivity contribution is 7.07. The summed E-state index contributed by atoms with van der Waals surface area (Å²) in [5, 5.41) is 3.81. The predicted molar refractivity (Wildman–Crippen MR) is 81.5 cm³/mol. The molecule has 3 rings (SSSR count). The molecule has 1 aromatic heterocycles. The fraction of sp³-hybridized carbons (Fsp3) is 0.250.